The number of nitrogens with zero attached hydrogens (tertiary/aromatic N) is 6. The van der Waals surface area contributed by atoms with Gasteiger partial charge in [-0.1, -0.05) is 23.7 Å². The van der Waals surface area contributed by atoms with Gasteiger partial charge in [0, 0.05) is 62.7 Å². The predicted octanol–water partition coefficient (Wildman–Crippen LogP) is 4.14. The smallest absolute Gasteiger partial charge is 0.344 e. The van der Waals surface area contributed by atoms with E-state index in [0.717, 1.165) is 38.6 Å². The maximum absolute atomic E-state index is 13.2. The molecule has 40 heavy (non-hydrogen) atoms. The number of alkyl halides is 3. The van der Waals surface area contributed by atoms with Crippen LogP contribution in [0, 0.1) is 0 Å². The molecule has 2 N–H and O–H groups in total. The summed E-state index contributed by atoms with van der Waals surface area (Å²) in [5.41, 5.74) is 6.36. The lowest BCUT2D eigenvalue weighted by Gasteiger charge is -2.35. The van der Waals surface area contributed by atoms with E-state index in [2.05, 4.69) is 19.4 Å². The highest BCUT2D eigenvalue weighted by molar-refractivity contribution is 7.94. The van der Waals surface area contributed by atoms with Crippen LogP contribution in [0.1, 0.15) is 17.1 Å². The van der Waals surface area contributed by atoms with Crippen LogP contribution >= 0.6 is 34.5 Å². The molecule has 1 aromatic carbocycles. The number of hydrogen-bond acceptors (Lipinski definition) is 10. The molecule has 4 heterocycles. The Hall–Kier alpha value is -2.56. The van der Waals surface area contributed by atoms with Crippen molar-refractivity contribution in [3.8, 4) is 10.6 Å². The Morgan fingerprint density at radius 1 is 1.10 bits per heavy atom. The molecular formula is C24H25ClF3N7O2S3. The molecule has 0 spiro atoms. The van der Waals surface area contributed by atoms with Crippen LogP contribution in [0.3, 0.4) is 0 Å². The number of hydrogen-bond donors (Lipinski definition) is 1. The molecule has 1 saturated heterocycles. The Kier molecular flexibility index (Phi) is 8.23. The van der Waals surface area contributed by atoms with E-state index in [1.54, 1.807) is 0 Å². The Morgan fingerprint density at radius 2 is 1.80 bits per heavy atom. The van der Waals surface area contributed by atoms with Crippen molar-refractivity contribution in [2.24, 2.45) is 12.8 Å². The summed E-state index contributed by atoms with van der Waals surface area (Å²) in [6.07, 6.45) is -3.99. The van der Waals surface area contributed by atoms with Gasteiger partial charge in [-0.05, 0) is 35.9 Å². The third-order valence-electron chi connectivity index (χ3n) is 6.50. The van der Waals surface area contributed by atoms with Gasteiger partial charge in [0.25, 0.3) is 0 Å². The van der Waals surface area contributed by atoms with Crippen LogP contribution in [0.15, 0.2) is 46.7 Å². The minimum Gasteiger partial charge on any atom is -0.344 e. The van der Waals surface area contributed by atoms with Crippen molar-refractivity contribution in [3.05, 3.63) is 64.6 Å². The van der Waals surface area contributed by atoms with Gasteiger partial charge >= 0.3 is 6.18 Å². The maximum Gasteiger partial charge on any atom is 0.435 e. The Balaban J connectivity index is 1.17. The Bertz CT molecular complexity index is 1580. The molecule has 214 valence electrons. The van der Waals surface area contributed by atoms with E-state index in [9.17, 15) is 21.6 Å². The van der Waals surface area contributed by atoms with Gasteiger partial charge in [-0.2, -0.15) is 22.6 Å². The fourth-order valence-electron chi connectivity index (χ4n) is 4.30. The molecule has 3 aromatic heterocycles. The van der Waals surface area contributed by atoms with Crippen molar-refractivity contribution in [1.29, 1.82) is 0 Å². The summed E-state index contributed by atoms with van der Waals surface area (Å²) >= 11 is 8.16. The average Bonchev–Trinajstić information content (AvgIpc) is 3.66. The van der Waals surface area contributed by atoms with Gasteiger partial charge < -0.3 is 10.6 Å². The molecule has 1 fully saturated rings. The molecule has 16 heteroatoms. The summed E-state index contributed by atoms with van der Waals surface area (Å²) in [4.78, 5) is 9.12. The molecule has 1 unspecified atom stereocenters. The number of halogens is 4. The molecule has 4 aromatic rings. The van der Waals surface area contributed by atoms with Crippen LogP contribution in [-0.2, 0) is 29.5 Å². The van der Waals surface area contributed by atoms with Crippen molar-refractivity contribution in [2.75, 3.05) is 37.6 Å². The van der Waals surface area contributed by atoms with E-state index in [0.29, 0.717) is 42.5 Å². The summed E-state index contributed by atoms with van der Waals surface area (Å²) in [5.74, 6) is 0.730. The van der Waals surface area contributed by atoms with E-state index < -0.39 is 27.1 Å². The molecule has 1 aliphatic heterocycles. The lowest BCUT2D eigenvalue weighted by molar-refractivity contribution is -0.141. The number of aryl methyl sites for hydroxylation is 1. The number of aromatic nitrogens is 4. The molecule has 0 bridgehead atoms. The van der Waals surface area contributed by atoms with E-state index in [1.807, 2.05) is 29.2 Å². The van der Waals surface area contributed by atoms with Gasteiger partial charge in [-0.25, -0.2) is 13.4 Å². The molecule has 9 nitrogen and oxygen atoms in total. The molecule has 0 radical (unpaired) electrons. The molecule has 1 aliphatic rings. The van der Waals surface area contributed by atoms with E-state index in [4.69, 9.17) is 17.3 Å². The third-order valence-corrected chi connectivity index (χ3v) is 11.1. The quantitative estimate of drug-likeness (QED) is 0.309. The fraction of sp³-hybridized carbons (Fsp3) is 0.375. The zero-order chi connectivity index (χ0) is 28.7. The van der Waals surface area contributed by atoms with Gasteiger partial charge in [0.2, 0.25) is 15.0 Å². The Morgan fingerprint density at radius 3 is 2.45 bits per heavy atom. The monoisotopic (exact) mass is 631 g/mol. The highest BCUT2D eigenvalue weighted by Gasteiger charge is 2.35. The zero-order valence-electron chi connectivity index (χ0n) is 21.2. The Labute approximate surface area is 242 Å². The lowest BCUT2D eigenvalue weighted by atomic mass is 10.1. The van der Waals surface area contributed by atoms with Crippen LogP contribution in [0.2, 0.25) is 5.02 Å². The number of benzene rings is 1. The number of anilines is 1. The van der Waals surface area contributed by atoms with Crippen molar-refractivity contribution < 1.29 is 21.6 Å². The van der Waals surface area contributed by atoms with Crippen molar-refractivity contribution in [3.63, 3.8) is 0 Å². The second kappa shape index (κ2) is 11.4. The maximum atomic E-state index is 13.2. The first kappa shape index (κ1) is 29.0. The molecule has 0 amide bonds. The van der Waals surface area contributed by atoms with E-state index in [-0.39, 0.29) is 16.4 Å². The average molecular weight is 632 g/mol. The molecule has 5 rings (SSSR count). The van der Waals surface area contributed by atoms with Crippen LogP contribution in [0.5, 0.6) is 0 Å². The second-order valence-electron chi connectivity index (χ2n) is 9.32. The summed E-state index contributed by atoms with van der Waals surface area (Å²) in [6.45, 7) is 2.62. The predicted molar refractivity (Wildman–Crippen MR) is 150 cm³/mol. The molecule has 1 atom stereocenters. The summed E-state index contributed by atoms with van der Waals surface area (Å²) < 4.78 is 71.0. The topological polar surface area (TPSA) is 110 Å². The van der Waals surface area contributed by atoms with Gasteiger partial charge in [0.05, 0.1) is 10.6 Å². The van der Waals surface area contributed by atoms with Crippen molar-refractivity contribution in [1.82, 2.24) is 24.0 Å². The largest absolute Gasteiger partial charge is 0.435 e. The first-order valence-electron chi connectivity index (χ1n) is 12.2. The summed E-state index contributed by atoms with van der Waals surface area (Å²) in [5, 5.41) is 3.80. The van der Waals surface area contributed by atoms with Crippen LogP contribution in [0.25, 0.3) is 10.6 Å². The normalized spacial score (nSPS) is 16.0. The highest BCUT2D eigenvalue weighted by Crippen LogP contribution is 2.36. The highest BCUT2D eigenvalue weighted by atomic mass is 35.5. The number of thiophene rings is 1. The standard InChI is InChI=1S/C24H25ClF3N7O2S3/c1-33-17(13-19(31-33)24(26,27)28)18-6-7-22(38-18)40(36,37)20(29)14-34-8-10-35(11-9-34)23-30-21(32-39-23)12-15-2-4-16(25)5-3-15/h2-7,13,20H,8-12,14,29H2,1H3. The third kappa shape index (κ3) is 6.34. The fourth-order valence-corrected chi connectivity index (χ4v) is 8.02. The minimum absolute atomic E-state index is 0.00507. The minimum atomic E-state index is -4.59. The van der Waals surface area contributed by atoms with Crippen LogP contribution < -0.4 is 10.6 Å². The molecular weight excluding hydrogens is 607 g/mol. The number of sulfone groups is 1. The first-order valence-corrected chi connectivity index (χ1v) is 15.7. The lowest BCUT2D eigenvalue weighted by Crippen LogP contribution is -2.51. The van der Waals surface area contributed by atoms with Gasteiger partial charge in [0.15, 0.2) is 5.69 Å². The van der Waals surface area contributed by atoms with Crippen molar-refractivity contribution >= 4 is 49.4 Å². The molecule has 0 aliphatic carbocycles. The number of piperazine rings is 1. The van der Waals surface area contributed by atoms with Gasteiger partial charge in [0.1, 0.15) is 15.4 Å². The number of rotatable bonds is 8. The summed E-state index contributed by atoms with van der Waals surface area (Å²) in [6, 6.07) is 11.3. The zero-order valence-corrected chi connectivity index (χ0v) is 24.4. The van der Waals surface area contributed by atoms with E-state index in [1.165, 1.54) is 30.7 Å². The van der Waals surface area contributed by atoms with Crippen LogP contribution in [0.4, 0.5) is 18.3 Å². The first-order chi connectivity index (χ1) is 18.9. The van der Waals surface area contributed by atoms with Crippen LogP contribution in [-0.4, -0.2) is 70.6 Å². The SMILES string of the molecule is Cn1nc(C(F)(F)F)cc1-c1ccc(S(=O)(=O)C(N)CN2CCN(c3nc(Cc4ccc(Cl)cc4)ns3)CC2)s1. The van der Waals surface area contributed by atoms with Gasteiger partial charge in [-0.15, -0.1) is 11.3 Å². The van der Waals surface area contributed by atoms with Gasteiger partial charge in [-0.3, -0.25) is 9.58 Å². The van der Waals surface area contributed by atoms with Crippen molar-refractivity contribution in [2.45, 2.75) is 22.2 Å². The second-order valence-corrected chi connectivity index (χ2v) is 14.0. The summed E-state index contributed by atoms with van der Waals surface area (Å²) in [7, 11) is -2.51. The molecule has 0 saturated carbocycles. The number of nitrogens with two attached hydrogens (primary N) is 1. The van der Waals surface area contributed by atoms with E-state index >= 15 is 0 Å².